The number of hydrogen-bond acceptors (Lipinski definition) is 8. The summed E-state index contributed by atoms with van der Waals surface area (Å²) in [5, 5.41) is 37.6. The Labute approximate surface area is 459 Å². The Morgan fingerprint density at radius 2 is 0.709 bits per heavy atom. The highest BCUT2D eigenvalue weighted by Crippen LogP contribution is 2.43. The average molecular weight is 1030 g/mol. The van der Waals surface area contributed by atoms with E-state index in [1.165, 1.54) is 18.2 Å². The van der Waals surface area contributed by atoms with Crippen LogP contribution >= 0.6 is 0 Å². The number of carbonyl (C=O) groups is 2. The van der Waals surface area contributed by atoms with Crippen molar-refractivity contribution in [3.05, 3.63) is 281 Å². The number of anilines is 12. The van der Waals surface area contributed by atoms with Gasteiger partial charge in [-0.05, 0) is 218 Å². The second kappa shape index (κ2) is 24.0. The molecule has 9 rings (SSSR count). The maximum atomic E-state index is 11.6. The summed E-state index contributed by atoms with van der Waals surface area (Å²) < 4.78 is 0. The molecule has 0 amide bonds. The number of hydrogen-bond donors (Lipinski definition) is 2. The lowest BCUT2D eigenvalue weighted by Crippen LogP contribution is -2.14. The van der Waals surface area contributed by atoms with Crippen LogP contribution in [-0.2, 0) is 9.59 Å². The van der Waals surface area contributed by atoms with Gasteiger partial charge in [0.2, 0.25) is 0 Å². The molecule has 0 aliphatic rings. The number of carboxylic acids is 2. The zero-order valence-corrected chi connectivity index (χ0v) is 43.4. The van der Waals surface area contributed by atoms with Crippen molar-refractivity contribution in [1.29, 1.82) is 10.5 Å². The van der Waals surface area contributed by atoms with Crippen molar-refractivity contribution in [2.24, 2.45) is 0 Å². The van der Waals surface area contributed by atoms with E-state index in [9.17, 15) is 25.1 Å². The number of benzene rings is 9. The van der Waals surface area contributed by atoms with E-state index < -0.39 is 11.9 Å². The summed E-state index contributed by atoms with van der Waals surface area (Å²) in [4.78, 5) is 35.1. The van der Waals surface area contributed by atoms with Gasteiger partial charge in [-0.2, -0.15) is 10.5 Å². The van der Waals surface area contributed by atoms with Gasteiger partial charge < -0.3 is 29.8 Å². The fraction of sp³-hybridized carbons (Fsp3) is 0.0441. The number of allylic oxidation sites excluding steroid dienone is 1. The molecule has 2 N–H and O–H groups in total. The summed E-state index contributed by atoms with van der Waals surface area (Å²) in [6.45, 7) is 13.5. The van der Waals surface area contributed by atoms with Crippen molar-refractivity contribution < 1.29 is 19.8 Å². The molecule has 0 heterocycles. The molecule has 79 heavy (non-hydrogen) atoms. The second-order valence-corrected chi connectivity index (χ2v) is 18.6. The molecule has 0 aliphatic carbocycles. The molecule has 0 saturated carbocycles. The van der Waals surface area contributed by atoms with E-state index in [0.29, 0.717) is 11.1 Å². The first-order valence-corrected chi connectivity index (χ1v) is 25.1. The van der Waals surface area contributed by atoms with Crippen molar-refractivity contribution in [2.75, 3.05) is 19.6 Å². The molecule has 9 aromatic carbocycles. The lowest BCUT2D eigenvalue weighted by molar-refractivity contribution is -0.133. The fourth-order valence-corrected chi connectivity index (χ4v) is 9.26. The quantitative estimate of drug-likeness (QED) is 0.0515. The zero-order chi connectivity index (χ0) is 55.4. The van der Waals surface area contributed by atoms with Crippen LogP contribution in [0.25, 0.3) is 23.1 Å². The Bertz CT molecular complexity index is 3720. The highest BCUT2D eigenvalue weighted by molar-refractivity contribution is 5.97. The molecule has 382 valence electrons. The number of aryl methyl sites for hydroxylation is 3. The normalized spacial score (nSPS) is 11.2. The molecule has 11 heteroatoms. The molecule has 9 aromatic rings. The summed E-state index contributed by atoms with van der Waals surface area (Å²) in [5.41, 5.74) is 15.4. The predicted molar refractivity (Wildman–Crippen MR) is 317 cm³/mol. The van der Waals surface area contributed by atoms with Crippen molar-refractivity contribution in [2.45, 2.75) is 20.8 Å². The van der Waals surface area contributed by atoms with Crippen LogP contribution < -0.4 is 19.6 Å². The number of nitrogens with zero attached hydrogens (tertiary/aromatic N) is 7. The van der Waals surface area contributed by atoms with Crippen LogP contribution in [0.15, 0.2) is 236 Å². The van der Waals surface area contributed by atoms with Gasteiger partial charge >= 0.3 is 11.9 Å². The van der Waals surface area contributed by atoms with E-state index in [0.717, 1.165) is 90.5 Å². The zero-order valence-electron chi connectivity index (χ0n) is 43.4. The molecular formula is C68H51N7O4. The van der Waals surface area contributed by atoms with Gasteiger partial charge in [0.25, 0.3) is 5.70 Å². The Hall–Kier alpha value is -11.2. The first-order valence-electron chi connectivity index (χ1n) is 25.1. The van der Waals surface area contributed by atoms with Gasteiger partial charge in [-0.15, -0.1) is 0 Å². The van der Waals surface area contributed by atoms with Gasteiger partial charge in [0.15, 0.2) is 0 Å². The summed E-state index contributed by atoms with van der Waals surface area (Å²) in [7, 11) is 0. The molecule has 0 unspecified atom stereocenters. The highest BCUT2D eigenvalue weighted by atomic mass is 16.4. The molecule has 0 radical (unpaired) electrons. The van der Waals surface area contributed by atoms with E-state index in [1.807, 2.05) is 92.7 Å². The lowest BCUT2D eigenvalue weighted by Gasteiger charge is -2.30. The van der Waals surface area contributed by atoms with Gasteiger partial charge in [-0.25, -0.2) is 9.64 Å². The highest BCUT2D eigenvalue weighted by Gasteiger charge is 2.21. The molecule has 0 aromatic heterocycles. The third-order valence-corrected chi connectivity index (χ3v) is 13.0. The van der Waals surface area contributed by atoms with Crippen LogP contribution in [0.2, 0.25) is 0 Å². The molecule has 0 spiro atoms. The molecule has 0 aliphatic heterocycles. The van der Waals surface area contributed by atoms with Crippen LogP contribution in [0.5, 0.6) is 0 Å². The third-order valence-electron chi connectivity index (χ3n) is 13.0. The van der Waals surface area contributed by atoms with Crippen LogP contribution in [0.4, 0.5) is 68.2 Å². The monoisotopic (exact) mass is 1030 g/mol. The number of aliphatic carboxylic acids is 2. The van der Waals surface area contributed by atoms with Crippen molar-refractivity contribution in [3.8, 4) is 12.1 Å². The van der Waals surface area contributed by atoms with Gasteiger partial charge in [0.1, 0.15) is 11.6 Å². The number of nitriles is 2. The summed E-state index contributed by atoms with van der Waals surface area (Å²) in [5.74, 6) is -2.57. The summed E-state index contributed by atoms with van der Waals surface area (Å²) >= 11 is 0. The minimum atomic E-state index is -1.29. The minimum Gasteiger partial charge on any atom is -0.486 e. The number of carboxylic acid groups (broad SMARTS) is 2. The summed E-state index contributed by atoms with van der Waals surface area (Å²) in [6, 6.07) is 76.6. The van der Waals surface area contributed by atoms with Gasteiger partial charge in [-0.3, -0.25) is 4.79 Å². The molecule has 11 nitrogen and oxygen atoms in total. The maximum Gasteiger partial charge on any atom is 0.346 e. The second-order valence-electron chi connectivity index (χ2n) is 18.6. The molecular weight excluding hydrogens is 979 g/mol. The van der Waals surface area contributed by atoms with Crippen molar-refractivity contribution in [3.63, 3.8) is 0 Å². The van der Waals surface area contributed by atoms with E-state index in [1.54, 1.807) is 36.4 Å². The van der Waals surface area contributed by atoms with Gasteiger partial charge in [0, 0.05) is 74.3 Å². The predicted octanol–water partition coefficient (Wildman–Crippen LogP) is 17.4. The SMILES string of the molecule is [C-]#[N+]/C(=C/c1ccc(N(c2ccc(N(c3ccc(N(c4ccc(/C=C\C#N)cc4)c4cccc(C)c4)cc3)c3ccc(N(c4ccc(/C=C(/C#N)C(=O)O)cc4)c4cccc(C)c4)cc3)cc2)c2cccc(C)c2)cc1)C(=O)O. The molecule has 0 fully saturated rings. The Morgan fingerprint density at radius 1 is 0.418 bits per heavy atom. The van der Waals surface area contributed by atoms with Gasteiger partial charge in [-0.1, -0.05) is 72.8 Å². The van der Waals surface area contributed by atoms with Crippen LogP contribution in [0, 0.1) is 50.0 Å². The fourth-order valence-electron chi connectivity index (χ4n) is 9.26. The first kappa shape index (κ1) is 52.7. The summed E-state index contributed by atoms with van der Waals surface area (Å²) in [6.07, 6.45) is 5.97. The first-order chi connectivity index (χ1) is 38.4. The standard InChI is InChI=1S/C68H51N7O4/c1-47-9-5-13-63(41-47)73(54-22-16-50(17-23-54)12-8-40-69)60-34-28-57(29-35-60)72(58-30-36-61(37-31-58)74(64-14-6-10-48(2)42-64)55-24-18-51(19-25-55)44-53(46-70)67(76)77)59-32-38-62(39-33-59)75(65-15-7-11-49(3)43-65)56-26-20-52(21-27-56)45-66(71-4)68(78)79/h5-39,41-45H,1-3H3,(H,76,77)(H,78,79)/b12-8-,53-44-,66-45+. The van der Waals surface area contributed by atoms with Crippen LogP contribution in [0.1, 0.15) is 33.4 Å². The molecule has 0 bridgehead atoms. The van der Waals surface area contributed by atoms with E-state index >= 15 is 0 Å². The smallest absolute Gasteiger partial charge is 0.346 e. The Morgan fingerprint density at radius 3 is 0.975 bits per heavy atom. The molecule has 0 atom stereocenters. The van der Waals surface area contributed by atoms with Crippen LogP contribution in [0.3, 0.4) is 0 Å². The minimum absolute atomic E-state index is 0.354. The Balaban J connectivity index is 1.14. The Kier molecular flexibility index (Phi) is 16.0. The van der Waals surface area contributed by atoms with Crippen LogP contribution in [-0.4, -0.2) is 22.2 Å². The van der Waals surface area contributed by atoms with Crippen molar-refractivity contribution in [1.82, 2.24) is 0 Å². The van der Waals surface area contributed by atoms with Crippen molar-refractivity contribution >= 4 is 98.4 Å². The van der Waals surface area contributed by atoms with E-state index in [-0.39, 0.29) is 11.3 Å². The topological polar surface area (TPSA) is 140 Å². The third kappa shape index (κ3) is 12.3. The van der Waals surface area contributed by atoms with E-state index in [2.05, 4.69) is 153 Å². The number of rotatable bonds is 17. The molecule has 0 saturated heterocycles. The van der Waals surface area contributed by atoms with Gasteiger partial charge in [0.05, 0.1) is 12.6 Å². The average Bonchev–Trinajstić information content (AvgIpc) is 3.47. The maximum absolute atomic E-state index is 11.6. The largest absolute Gasteiger partial charge is 0.486 e. The lowest BCUT2D eigenvalue weighted by atomic mass is 10.1. The van der Waals surface area contributed by atoms with E-state index in [4.69, 9.17) is 11.8 Å².